The molecule has 1 heterocycles. The summed E-state index contributed by atoms with van der Waals surface area (Å²) in [6.45, 7) is 2.94. The van der Waals surface area contributed by atoms with Crippen LogP contribution in [0, 0.1) is 0 Å². The molecule has 1 aliphatic rings. The van der Waals surface area contributed by atoms with Gasteiger partial charge in [-0.15, -0.1) is 0 Å². The number of hydrogen-bond donors (Lipinski definition) is 3. The summed E-state index contributed by atoms with van der Waals surface area (Å²) in [5.74, 6) is 0.738. The van der Waals surface area contributed by atoms with Crippen molar-refractivity contribution in [3.63, 3.8) is 0 Å². The Balaban J connectivity index is 1.68. The fourth-order valence-electron chi connectivity index (χ4n) is 2.39. The van der Waals surface area contributed by atoms with E-state index in [0.29, 0.717) is 12.2 Å². The van der Waals surface area contributed by atoms with E-state index in [9.17, 15) is 9.90 Å². The number of benzene rings is 1. The molecular formula is C15H23N3O3. The summed E-state index contributed by atoms with van der Waals surface area (Å²) in [7, 11) is 1.59. The van der Waals surface area contributed by atoms with Gasteiger partial charge in [-0.05, 0) is 50.2 Å². The monoisotopic (exact) mass is 293 g/mol. The first-order chi connectivity index (χ1) is 10.2. The molecule has 6 heteroatoms. The van der Waals surface area contributed by atoms with E-state index in [1.165, 1.54) is 12.8 Å². The maximum Gasteiger partial charge on any atom is 0.319 e. The van der Waals surface area contributed by atoms with Gasteiger partial charge in [-0.2, -0.15) is 0 Å². The van der Waals surface area contributed by atoms with Gasteiger partial charge in [-0.3, -0.25) is 0 Å². The average Bonchev–Trinajstić information content (AvgIpc) is 2.99. The van der Waals surface area contributed by atoms with E-state index in [2.05, 4.69) is 15.5 Å². The fourth-order valence-corrected chi connectivity index (χ4v) is 2.39. The van der Waals surface area contributed by atoms with Crippen molar-refractivity contribution in [2.75, 3.05) is 38.6 Å². The molecular weight excluding hydrogens is 270 g/mol. The van der Waals surface area contributed by atoms with Crippen molar-refractivity contribution in [1.29, 1.82) is 0 Å². The number of aliphatic hydroxyl groups is 1. The number of likely N-dealkylation sites (tertiary alicyclic amines) is 1. The summed E-state index contributed by atoms with van der Waals surface area (Å²) in [5.41, 5.74) is 0.683. The molecule has 0 spiro atoms. The number of nitrogens with one attached hydrogen (secondary N) is 2. The molecule has 21 heavy (non-hydrogen) atoms. The maximum atomic E-state index is 11.7. The van der Waals surface area contributed by atoms with E-state index in [1.807, 2.05) is 0 Å². The van der Waals surface area contributed by atoms with E-state index in [1.54, 1.807) is 31.4 Å². The van der Waals surface area contributed by atoms with Crippen LogP contribution in [0.15, 0.2) is 24.3 Å². The number of carbonyl (C=O) groups is 1. The molecule has 0 aliphatic carbocycles. The molecule has 1 aliphatic heterocycles. The van der Waals surface area contributed by atoms with Crippen molar-refractivity contribution in [2.24, 2.45) is 0 Å². The second-order valence-electron chi connectivity index (χ2n) is 5.23. The number of β-amino-alcohol motifs (C(OH)–C–C–N with tert-alkyl or cyclic N) is 1. The molecule has 0 unspecified atom stereocenters. The van der Waals surface area contributed by atoms with Crippen LogP contribution in [0.3, 0.4) is 0 Å². The van der Waals surface area contributed by atoms with Gasteiger partial charge in [-0.1, -0.05) is 0 Å². The van der Waals surface area contributed by atoms with Crippen LogP contribution in [-0.4, -0.2) is 55.4 Å². The highest BCUT2D eigenvalue weighted by Gasteiger charge is 2.16. The average molecular weight is 293 g/mol. The highest BCUT2D eigenvalue weighted by molar-refractivity contribution is 5.89. The molecule has 6 nitrogen and oxygen atoms in total. The van der Waals surface area contributed by atoms with Crippen molar-refractivity contribution in [1.82, 2.24) is 10.2 Å². The van der Waals surface area contributed by atoms with Crippen LogP contribution >= 0.6 is 0 Å². The standard InChI is InChI=1S/C15H23N3O3/c1-21-14-6-4-12(5-7-14)17-15(20)16-10-13(19)11-18-8-2-3-9-18/h4-7,13,19H,2-3,8-11H2,1H3,(H2,16,17,20)/t13-/m1/s1. The lowest BCUT2D eigenvalue weighted by Gasteiger charge is -2.19. The lowest BCUT2D eigenvalue weighted by Crippen LogP contribution is -2.40. The number of urea groups is 1. The first-order valence-electron chi connectivity index (χ1n) is 7.26. The minimum atomic E-state index is -0.537. The molecule has 0 saturated carbocycles. The Bertz CT molecular complexity index is 444. The van der Waals surface area contributed by atoms with Crippen molar-refractivity contribution in [3.8, 4) is 5.75 Å². The molecule has 0 bridgehead atoms. The Kier molecular flexibility index (Phi) is 5.83. The normalized spacial score (nSPS) is 16.5. The van der Waals surface area contributed by atoms with E-state index < -0.39 is 6.10 Å². The zero-order chi connectivity index (χ0) is 15.1. The van der Waals surface area contributed by atoms with E-state index in [-0.39, 0.29) is 12.6 Å². The minimum Gasteiger partial charge on any atom is -0.497 e. The number of amides is 2. The van der Waals surface area contributed by atoms with Gasteiger partial charge in [0.15, 0.2) is 0 Å². The predicted octanol–water partition coefficient (Wildman–Crippen LogP) is 1.27. The first-order valence-corrected chi connectivity index (χ1v) is 7.26. The van der Waals surface area contributed by atoms with Crippen LogP contribution in [0.5, 0.6) is 5.75 Å². The SMILES string of the molecule is COc1ccc(NC(=O)NC[C@@H](O)CN2CCCC2)cc1. The zero-order valence-electron chi connectivity index (χ0n) is 12.3. The third-order valence-electron chi connectivity index (χ3n) is 3.51. The van der Waals surface area contributed by atoms with Crippen LogP contribution in [-0.2, 0) is 0 Å². The molecule has 1 fully saturated rings. The number of hydrogen-bond acceptors (Lipinski definition) is 4. The Morgan fingerprint density at radius 1 is 1.33 bits per heavy atom. The minimum absolute atomic E-state index is 0.249. The summed E-state index contributed by atoms with van der Waals surface area (Å²) < 4.78 is 5.05. The highest BCUT2D eigenvalue weighted by Crippen LogP contribution is 2.14. The second kappa shape index (κ2) is 7.85. The molecule has 2 amide bonds. The largest absolute Gasteiger partial charge is 0.497 e. The lowest BCUT2D eigenvalue weighted by molar-refractivity contribution is 0.125. The van der Waals surface area contributed by atoms with Crippen molar-refractivity contribution in [2.45, 2.75) is 18.9 Å². The summed E-state index contributed by atoms with van der Waals surface area (Å²) in [4.78, 5) is 13.9. The lowest BCUT2D eigenvalue weighted by atomic mass is 10.3. The third kappa shape index (κ3) is 5.24. The summed E-state index contributed by atoms with van der Waals surface area (Å²) in [6.07, 6.45) is 1.85. The van der Waals surface area contributed by atoms with Gasteiger partial charge in [0.25, 0.3) is 0 Å². The van der Waals surface area contributed by atoms with Gasteiger partial charge in [0.2, 0.25) is 0 Å². The van der Waals surface area contributed by atoms with Crippen LogP contribution < -0.4 is 15.4 Å². The van der Waals surface area contributed by atoms with Gasteiger partial charge in [-0.25, -0.2) is 4.79 Å². The fraction of sp³-hybridized carbons (Fsp3) is 0.533. The van der Waals surface area contributed by atoms with Crippen LogP contribution in [0.1, 0.15) is 12.8 Å². The van der Waals surface area contributed by atoms with E-state index in [4.69, 9.17) is 4.74 Å². The van der Waals surface area contributed by atoms with Crippen LogP contribution in [0.2, 0.25) is 0 Å². The molecule has 0 radical (unpaired) electrons. The number of methoxy groups -OCH3 is 1. The summed E-state index contributed by atoms with van der Waals surface area (Å²) >= 11 is 0. The Morgan fingerprint density at radius 3 is 2.62 bits per heavy atom. The van der Waals surface area contributed by atoms with E-state index >= 15 is 0 Å². The van der Waals surface area contributed by atoms with Crippen molar-refractivity contribution in [3.05, 3.63) is 24.3 Å². The Morgan fingerprint density at radius 2 is 2.00 bits per heavy atom. The van der Waals surface area contributed by atoms with Crippen LogP contribution in [0.25, 0.3) is 0 Å². The van der Waals surface area contributed by atoms with Crippen molar-refractivity contribution >= 4 is 11.7 Å². The van der Waals surface area contributed by atoms with Gasteiger partial charge < -0.3 is 25.4 Å². The number of anilines is 1. The van der Waals surface area contributed by atoms with Gasteiger partial charge >= 0.3 is 6.03 Å². The molecule has 2 rings (SSSR count). The third-order valence-corrected chi connectivity index (χ3v) is 3.51. The number of nitrogens with zero attached hydrogens (tertiary/aromatic N) is 1. The predicted molar refractivity (Wildman–Crippen MR) is 81.7 cm³/mol. The second-order valence-corrected chi connectivity index (χ2v) is 5.23. The quantitative estimate of drug-likeness (QED) is 0.738. The number of rotatable bonds is 6. The Labute approximate surface area is 125 Å². The number of aliphatic hydroxyl groups excluding tert-OH is 1. The number of carbonyl (C=O) groups excluding carboxylic acids is 1. The number of ether oxygens (including phenoxy) is 1. The molecule has 1 aromatic rings. The first kappa shape index (κ1) is 15.6. The summed E-state index contributed by atoms with van der Waals surface area (Å²) in [6, 6.07) is 6.76. The maximum absolute atomic E-state index is 11.7. The summed E-state index contributed by atoms with van der Waals surface area (Å²) in [5, 5.41) is 15.3. The molecule has 1 aromatic carbocycles. The van der Waals surface area contributed by atoms with Gasteiger partial charge in [0.1, 0.15) is 5.75 Å². The van der Waals surface area contributed by atoms with Gasteiger partial charge in [0, 0.05) is 18.8 Å². The van der Waals surface area contributed by atoms with Crippen LogP contribution in [0.4, 0.5) is 10.5 Å². The highest BCUT2D eigenvalue weighted by atomic mass is 16.5. The molecule has 3 N–H and O–H groups in total. The Hall–Kier alpha value is -1.79. The van der Waals surface area contributed by atoms with E-state index in [0.717, 1.165) is 18.8 Å². The topological polar surface area (TPSA) is 73.8 Å². The van der Waals surface area contributed by atoms with Crippen molar-refractivity contribution < 1.29 is 14.6 Å². The zero-order valence-corrected chi connectivity index (χ0v) is 12.3. The molecule has 1 atom stereocenters. The van der Waals surface area contributed by atoms with Gasteiger partial charge in [0.05, 0.1) is 13.2 Å². The molecule has 1 saturated heterocycles. The molecule has 116 valence electrons. The molecule has 0 aromatic heterocycles. The smallest absolute Gasteiger partial charge is 0.319 e.